The first kappa shape index (κ1) is 18.6. The van der Waals surface area contributed by atoms with E-state index in [0.29, 0.717) is 5.92 Å². The van der Waals surface area contributed by atoms with Gasteiger partial charge in [0.15, 0.2) is 0 Å². The molecule has 6 nitrogen and oxygen atoms in total. The molecule has 1 aliphatic heterocycles. The Morgan fingerprint density at radius 3 is 2.77 bits per heavy atom. The summed E-state index contributed by atoms with van der Waals surface area (Å²) in [7, 11) is 0. The molecule has 0 spiro atoms. The van der Waals surface area contributed by atoms with Crippen molar-refractivity contribution in [3.8, 4) is 11.3 Å². The second-order valence-electron chi connectivity index (χ2n) is 8.33. The molecule has 5 rings (SSSR count). The number of benzene rings is 1. The molecule has 3 aromatic heterocycles. The number of amides is 1. The summed E-state index contributed by atoms with van der Waals surface area (Å²) < 4.78 is 2.26. The van der Waals surface area contributed by atoms with Crippen LogP contribution in [0.2, 0.25) is 0 Å². The van der Waals surface area contributed by atoms with Crippen LogP contribution in [0.3, 0.4) is 0 Å². The van der Waals surface area contributed by atoms with Crippen molar-refractivity contribution in [1.82, 2.24) is 24.6 Å². The molecule has 0 unspecified atom stereocenters. The van der Waals surface area contributed by atoms with Crippen LogP contribution in [-0.2, 0) is 6.54 Å². The summed E-state index contributed by atoms with van der Waals surface area (Å²) in [6, 6.07) is 14.3. The van der Waals surface area contributed by atoms with Crippen molar-refractivity contribution < 1.29 is 4.79 Å². The summed E-state index contributed by atoms with van der Waals surface area (Å²) in [5.74, 6) is 0.562. The van der Waals surface area contributed by atoms with Crippen molar-refractivity contribution in [2.45, 2.75) is 32.9 Å². The van der Waals surface area contributed by atoms with Crippen molar-refractivity contribution in [3.05, 3.63) is 72.2 Å². The van der Waals surface area contributed by atoms with E-state index in [0.717, 1.165) is 47.4 Å². The summed E-state index contributed by atoms with van der Waals surface area (Å²) in [4.78, 5) is 19.8. The average Bonchev–Trinajstić information content (AvgIpc) is 3.49. The number of nitrogens with zero attached hydrogens (tertiary/aromatic N) is 4. The minimum absolute atomic E-state index is 0.133. The van der Waals surface area contributed by atoms with Gasteiger partial charge in [-0.2, -0.15) is 5.10 Å². The molecular formula is C24H25N5O. The molecule has 4 aromatic rings. The predicted octanol–water partition coefficient (Wildman–Crippen LogP) is 4.29. The van der Waals surface area contributed by atoms with Crippen LogP contribution in [0.25, 0.3) is 22.3 Å². The van der Waals surface area contributed by atoms with Gasteiger partial charge in [0.25, 0.3) is 5.91 Å². The second-order valence-corrected chi connectivity index (χ2v) is 8.33. The monoisotopic (exact) mass is 399 g/mol. The lowest BCUT2D eigenvalue weighted by atomic mass is 10.1. The van der Waals surface area contributed by atoms with Gasteiger partial charge in [0.1, 0.15) is 0 Å². The Balaban J connectivity index is 1.32. The topological polar surface area (TPSA) is 66.8 Å². The fourth-order valence-corrected chi connectivity index (χ4v) is 4.48. The highest BCUT2D eigenvalue weighted by atomic mass is 16.2. The fraction of sp³-hybridized carbons (Fsp3) is 0.292. The molecule has 1 aromatic carbocycles. The summed E-state index contributed by atoms with van der Waals surface area (Å²) in [5, 5.41) is 6.84. The van der Waals surface area contributed by atoms with Gasteiger partial charge >= 0.3 is 0 Å². The molecule has 0 aliphatic carbocycles. The molecule has 1 fully saturated rings. The van der Waals surface area contributed by atoms with E-state index in [1.54, 1.807) is 6.20 Å². The van der Waals surface area contributed by atoms with Crippen molar-refractivity contribution in [2.24, 2.45) is 5.92 Å². The maximum atomic E-state index is 13.0. The molecule has 6 heteroatoms. The first-order valence-corrected chi connectivity index (χ1v) is 10.4. The fourth-order valence-electron chi connectivity index (χ4n) is 4.48. The molecule has 1 saturated heterocycles. The Labute approximate surface area is 175 Å². The van der Waals surface area contributed by atoms with Crippen molar-refractivity contribution >= 4 is 16.9 Å². The average molecular weight is 399 g/mol. The van der Waals surface area contributed by atoms with E-state index in [1.807, 2.05) is 48.4 Å². The van der Waals surface area contributed by atoms with Crippen LogP contribution in [0.1, 0.15) is 29.3 Å². The maximum absolute atomic E-state index is 13.0. The van der Waals surface area contributed by atoms with Crippen LogP contribution < -0.4 is 0 Å². The molecule has 1 amide bonds. The minimum Gasteiger partial charge on any atom is -0.346 e. The van der Waals surface area contributed by atoms with Crippen LogP contribution in [0.5, 0.6) is 0 Å². The zero-order valence-electron chi connectivity index (χ0n) is 17.2. The van der Waals surface area contributed by atoms with Gasteiger partial charge < -0.3 is 9.47 Å². The molecule has 0 bridgehead atoms. The zero-order valence-corrected chi connectivity index (χ0v) is 17.2. The minimum atomic E-state index is 0.133. The van der Waals surface area contributed by atoms with E-state index in [4.69, 9.17) is 4.98 Å². The largest absolute Gasteiger partial charge is 0.346 e. The Morgan fingerprint density at radius 1 is 1.17 bits per heavy atom. The number of carbonyl (C=O) groups excluding carboxylic acids is 1. The maximum Gasteiger partial charge on any atom is 0.254 e. The summed E-state index contributed by atoms with van der Waals surface area (Å²) >= 11 is 0. The number of likely N-dealkylation sites (tertiary alicyclic amines) is 1. The number of aryl methyl sites for hydroxylation is 1. The lowest BCUT2D eigenvalue weighted by Gasteiger charge is -2.21. The molecule has 4 heterocycles. The number of pyridine rings is 1. The Kier molecular flexibility index (Phi) is 4.62. The highest BCUT2D eigenvalue weighted by Gasteiger charge is 2.33. The van der Waals surface area contributed by atoms with E-state index >= 15 is 0 Å². The molecular weight excluding hydrogens is 374 g/mol. The Bertz CT molecular complexity index is 1180. The second kappa shape index (κ2) is 7.44. The van der Waals surface area contributed by atoms with E-state index < -0.39 is 0 Å². The van der Waals surface area contributed by atoms with E-state index in [9.17, 15) is 4.79 Å². The highest BCUT2D eigenvalue weighted by Crippen LogP contribution is 2.28. The normalized spacial score (nSPS) is 18.9. The third-order valence-electron chi connectivity index (χ3n) is 6.09. The van der Waals surface area contributed by atoms with Gasteiger partial charge in [-0.1, -0.05) is 17.7 Å². The van der Waals surface area contributed by atoms with Gasteiger partial charge in [0.2, 0.25) is 0 Å². The SMILES string of the molecule is Cc1ccc(C(=O)N2C[C@H](Cn3ccc4nc(-c5cn[nH]c5)ccc43)C[C@H]2C)cc1. The predicted molar refractivity (Wildman–Crippen MR) is 117 cm³/mol. The zero-order chi connectivity index (χ0) is 20.7. The quantitative estimate of drug-likeness (QED) is 0.557. The first-order chi connectivity index (χ1) is 14.6. The molecule has 1 aliphatic rings. The molecule has 1 N–H and O–H groups in total. The number of nitrogens with one attached hydrogen (secondary N) is 1. The molecule has 2 atom stereocenters. The van der Waals surface area contributed by atoms with Crippen molar-refractivity contribution in [2.75, 3.05) is 6.54 Å². The summed E-state index contributed by atoms with van der Waals surface area (Å²) in [6.07, 6.45) is 6.75. The third-order valence-corrected chi connectivity index (χ3v) is 6.09. The number of aromatic nitrogens is 4. The lowest BCUT2D eigenvalue weighted by Crippen LogP contribution is -2.34. The van der Waals surface area contributed by atoms with Crippen LogP contribution in [0.15, 0.2) is 61.1 Å². The number of rotatable bonds is 4. The number of fused-ring (bicyclic) bond motifs is 1. The van der Waals surface area contributed by atoms with E-state index in [2.05, 4.69) is 40.0 Å². The molecule has 30 heavy (non-hydrogen) atoms. The standard InChI is InChI=1S/C24H25N5O/c1-16-3-5-19(6-4-16)24(30)29-15-18(11-17(29)2)14-28-10-9-22-23(28)8-7-21(27-22)20-12-25-26-13-20/h3-10,12-13,17-18H,11,14-15H2,1-2H3,(H,25,26)/t17-,18+/m1/s1. The van der Waals surface area contributed by atoms with Crippen LogP contribution >= 0.6 is 0 Å². The van der Waals surface area contributed by atoms with Crippen LogP contribution in [0.4, 0.5) is 0 Å². The highest BCUT2D eigenvalue weighted by molar-refractivity contribution is 5.94. The Morgan fingerprint density at radius 2 is 2.00 bits per heavy atom. The van der Waals surface area contributed by atoms with Gasteiger partial charge in [-0.25, -0.2) is 4.98 Å². The van der Waals surface area contributed by atoms with Crippen molar-refractivity contribution in [1.29, 1.82) is 0 Å². The lowest BCUT2D eigenvalue weighted by molar-refractivity contribution is 0.0742. The number of aromatic amines is 1. The summed E-state index contributed by atoms with van der Waals surface area (Å²) in [6.45, 7) is 5.86. The number of hydrogen-bond acceptors (Lipinski definition) is 3. The van der Waals surface area contributed by atoms with E-state index in [-0.39, 0.29) is 11.9 Å². The summed E-state index contributed by atoms with van der Waals surface area (Å²) in [5.41, 5.74) is 5.95. The van der Waals surface area contributed by atoms with Crippen LogP contribution in [-0.4, -0.2) is 43.1 Å². The smallest absolute Gasteiger partial charge is 0.254 e. The number of hydrogen-bond donors (Lipinski definition) is 1. The van der Waals surface area contributed by atoms with E-state index in [1.165, 1.54) is 5.56 Å². The van der Waals surface area contributed by atoms with Crippen LogP contribution in [0, 0.1) is 12.8 Å². The van der Waals surface area contributed by atoms with Gasteiger partial charge in [-0.05, 0) is 56.5 Å². The first-order valence-electron chi connectivity index (χ1n) is 10.4. The van der Waals surface area contributed by atoms with Gasteiger partial charge in [-0.3, -0.25) is 9.89 Å². The number of carbonyl (C=O) groups is 1. The van der Waals surface area contributed by atoms with Gasteiger partial charge in [0, 0.05) is 42.7 Å². The third kappa shape index (κ3) is 3.38. The van der Waals surface area contributed by atoms with Gasteiger partial charge in [0.05, 0.1) is 22.9 Å². The molecule has 152 valence electrons. The number of H-pyrrole nitrogens is 1. The molecule has 0 radical (unpaired) electrons. The van der Waals surface area contributed by atoms with Gasteiger partial charge in [-0.15, -0.1) is 0 Å². The molecule has 0 saturated carbocycles. The Hall–Kier alpha value is -3.41. The van der Waals surface area contributed by atoms with Crippen molar-refractivity contribution in [3.63, 3.8) is 0 Å².